The molecule has 1 aromatic rings. The lowest BCUT2D eigenvalue weighted by atomic mass is 10.1. The zero-order valence-corrected chi connectivity index (χ0v) is 11.5. The summed E-state index contributed by atoms with van der Waals surface area (Å²) < 4.78 is 1.69. The Kier molecular flexibility index (Phi) is 4.49. The molecule has 1 aliphatic heterocycles. The molecule has 106 valence electrons. The summed E-state index contributed by atoms with van der Waals surface area (Å²) >= 11 is 0. The zero-order valence-electron chi connectivity index (χ0n) is 11.5. The molecular formula is C12H21N5O2. The number of hydrogen-bond acceptors (Lipinski definition) is 5. The van der Waals surface area contributed by atoms with Crippen molar-refractivity contribution in [3.05, 3.63) is 22.1 Å². The highest BCUT2D eigenvalue weighted by Crippen LogP contribution is 2.17. The highest BCUT2D eigenvalue weighted by Gasteiger charge is 2.23. The van der Waals surface area contributed by atoms with Crippen LogP contribution in [0, 0.1) is 23.0 Å². The van der Waals surface area contributed by atoms with Crippen molar-refractivity contribution in [3.63, 3.8) is 0 Å². The summed E-state index contributed by atoms with van der Waals surface area (Å²) in [7, 11) is 1.97. The van der Waals surface area contributed by atoms with E-state index in [0.717, 1.165) is 26.2 Å². The molecule has 0 aliphatic carbocycles. The number of aromatic nitrogens is 2. The topological polar surface area (TPSA) is 76.2 Å². The molecule has 0 saturated carbocycles. The standard InChI is InChI=1S/C12H21N5O2/c1-10-14-8-12(17(18)19)16(10)6-5-15-4-3-11(9-15)7-13-2/h8,11,13H,3-7,9H2,1-2H3. The van der Waals surface area contributed by atoms with Crippen LogP contribution in [-0.4, -0.2) is 52.6 Å². The predicted octanol–water partition coefficient (Wildman–Crippen LogP) is 0.641. The molecule has 1 saturated heterocycles. The van der Waals surface area contributed by atoms with Crippen LogP contribution in [-0.2, 0) is 6.54 Å². The van der Waals surface area contributed by atoms with Gasteiger partial charge in [0.15, 0.2) is 5.82 Å². The molecule has 0 bridgehead atoms. The van der Waals surface area contributed by atoms with Crippen LogP contribution >= 0.6 is 0 Å². The first-order chi connectivity index (χ1) is 9.11. The quantitative estimate of drug-likeness (QED) is 0.604. The number of nitro groups is 1. The van der Waals surface area contributed by atoms with Gasteiger partial charge in [0.05, 0.1) is 0 Å². The number of nitrogens with zero attached hydrogens (tertiary/aromatic N) is 4. The Hall–Kier alpha value is -1.47. The van der Waals surface area contributed by atoms with Crippen molar-refractivity contribution >= 4 is 5.82 Å². The summed E-state index contributed by atoms with van der Waals surface area (Å²) in [4.78, 5) is 16.9. The normalized spacial score (nSPS) is 20.0. The Balaban J connectivity index is 1.89. The van der Waals surface area contributed by atoms with Gasteiger partial charge in [0, 0.05) is 20.0 Å². The Bertz CT molecular complexity index is 445. The van der Waals surface area contributed by atoms with Gasteiger partial charge in [-0.25, -0.2) is 9.55 Å². The molecule has 1 aromatic heterocycles. The van der Waals surface area contributed by atoms with Crippen molar-refractivity contribution in [2.45, 2.75) is 19.9 Å². The molecule has 1 N–H and O–H groups in total. The first-order valence-electron chi connectivity index (χ1n) is 6.65. The van der Waals surface area contributed by atoms with Crippen LogP contribution in [0.4, 0.5) is 5.82 Å². The smallest absolute Gasteiger partial charge is 0.342 e. The summed E-state index contributed by atoms with van der Waals surface area (Å²) in [5, 5.41) is 14.1. The summed E-state index contributed by atoms with van der Waals surface area (Å²) in [6, 6.07) is 0. The Labute approximate surface area is 112 Å². The SMILES string of the molecule is CNCC1CCN(CCn2c([N+](=O)[O-])cnc2C)C1. The molecule has 2 heterocycles. The van der Waals surface area contributed by atoms with Crippen molar-refractivity contribution in [2.75, 3.05) is 33.2 Å². The minimum absolute atomic E-state index is 0.0865. The summed E-state index contributed by atoms with van der Waals surface area (Å²) in [6.45, 7) is 6.48. The molecule has 7 nitrogen and oxygen atoms in total. The van der Waals surface area contributed by atoms with E-state index < -0.39 is 0 Å². The number of aryl methyl sites for hydroxylation is 1. The summed E-state index contributed by atoms with van der Waals surface area (Å²) in [5.74, 6) is 1.49. The van der Waals surface area contributed by atoms with E-state index in [9.17, 15) is 10.1 Å². The molecule has 1 unspecified atom stereocenters. The Morgan fingerprint density at radius 2 is 2.37 bits per heavy atom. The van der Waals surface area contributed by atoms with E-state index in [0.29, 0.717) is 18.3 Å². The Morgan fingerprint density at radius 3 is 3.05 bits per heavy atom. The van der Waals surface area contributed by atoms with E-state index in [1.807, 2.05) is 7.05 Å². The molecule has 1 aliphatic rings. The van der Waals surface area contributed by atoms with Gasteiger partial charge in [-0.1, -0.05) is 0 Å². The largest absolute Gasteiger partial charge is 0.358 e. The maximum atomic E-state index is 10.9. The van der Waals surface area contributed by atoms with Crippen molar-refractivity contribution in [1.29, 1.82) is 0 Å². The van der Waals surface area contributed by atoms with E-state index in [2.05, 4.69) is 15.2 Å². The predicted molar refractivity (Wildman–Crippen MR) is 72.1 cm³/mol. The molecule has 7 heteroatoms. The fraction of sp³-hybridized carbons (Fsp3) is 0.750. The third kappa shape index (κ3) is 3.30. The van der Waals surface area contributed by atoms with Gasteiger partial charge in [0.1, 0.15) is 12.7 Å². The van der Waals surface area contributed by atoms with Crippen LogP contribution in [0.25, 0.3) is 0 Å². The maximum absolute atomic E-state index is 10.9. The first-order valence-corrected chi connectivity index (χ1v) is 6.65. The van der Waals surface area contributed by atoms with Crippen LogP contribution in [0.3, 0.4) is 0 Å². The molecular weight excluding hydrogens is 246 g/mol. The molecule has 1 fully saturated rings. The highest BCUT2D eigenvalue weighted by atomic mass is 16.6. The van der Waals surface area contributed by atoms with Crippen molar-refractivity contribution < 1.29 is 4.92 Å². The second-order valence-electron chi connectivity index (χ2n) is 5.09. The number of likely N-dealkylation sites (tertiary alicyclic amines) is 1. The van der Waals surface area contributed by atoms with E-state index in [1.54, 1.807) is 11.5 Å². The molecule has 1 atom stereocenters. The van der Waals surface area contributed by atoms with Gasteiger partial charge in [-0.3, -0.25) is 4.90 Å². The third-order valence-corrected chi connectivity index (χ3v) is 3.72. The first kappa shape index (κ1) is 14.0. The number of nitrogens with one attached hydrogen (secondary N) is 1. The lowest BCUT2D eigenvalue weighted by Crippen LogP contribution is -2.28. The Morgan fingerprint density at radius 1 is 1.58 bits per heavy atom. The lowest BCUT2D eigenvalue weighted by Gasteiger charge is -2.15. The second-order valence-corrected chi connectivity index (χ2v) is 5.09. The molecule has 0 amide bonds. The average molecular weight is 267 g/mol. The van der Waals surface area contributed by atoms with E-state index in [4.69, 9.17) is 0 Å². The average Bonchev–Trinajstić information content (AvgIpc) is 2.94. The van der Waals surface area contributed by atoms with E-state index >= 15 is 0 Å². The molecule has 0 radical (unpaired) electrons. The fourth-order valence-corrected chi connectivity index (χ4v) is 2.69. The molecule has 0 spiro atoms. The second kappa shape index (κ2) is 6.12. The van der Waals surface area contributed by atoms with Crippen LogP contribution in [0.1, 0.15) is 12.2 Å². The van der Waals surface area contributed by atoms with E-state index in [-0.39, 0.29) is 10.7 Å². The number of rotatable bonds is 6. The summed E-state index contributed by atoms with van der Waals surface area (Å²) in [5.41, 5.74) is 0. The van der Waals surface area contributed by atoms with Crippen molar-refractivity contribution in [3.8, 4) is 0 Å². The monoisotopic (exact) mass is 267 g/mol. The number of imidazole rings is 1. The van der Waals surface area contributed by atoms with Gasteiger partial charge >= 0.3 is 5.82 Å². The maximum Gasteiger partial charge on any atom is 0.342 e. The van der Waals surface area contributed by atoms with Gasteiger partial charge in [-0.05, 0) is 37.4 Å². The fourth-order valence-electron chi connectivity index (χ4n) is 2.69. The number of hydrogen-bond donors (Lipinski definition) is 1. The van der Waals surface area contributed by atoms with Crippen LogP contribution < -0.4 is 5.32 Å². The van der Waals surface area contributed by atoms with Gasteiger partial charge < -0.3 is 15.4 Å². The minimum atomic E-state index is -0.367. The lowest BCUT2D eigenvalue weighted by molar-refractivity contribution is -0.392. The van der Waals surface area contributed by atoms with Gasteiger partial charge in [-0.2, -0.15) is 0 Å². The van der Waals surface area contributed by atoms with Crippen molar-refractivity contribution in [1.82, 2.24) is 19.8 Å². The molecule has 2 rings (SSSR count). The third-order valence-electron chi connectivity index (χ3n) is 3.72. The zero-order chi connectivity index (χ0) is 13.8. The summed E-state index contributed by atoms with van der Waals surface area (Å²) in [6.07, 6.45) is 2.54. The van der Waals surface area contributed by atoms with Gasteiger partial charge in [0.2, 0.25) is 0 Å². The van der Waals surface area contributed by atoms with Crippen molar-refractivity contribution in [2.24, 2.45) is 5.92 Å². The van der Waals surface area contributed by atoms with Gasteiger partial charge in [-0.15, -0.1) is 0 Å². The van der Waals surface area contributed by atoms with Gasteiger partial charge in [0.25, 0.3) is 0 Å². The van der Waals surface area contributed by atoms with Crippen LogP contribution in [0.2, 0.25) is 0 Å². The minimum Gasteiger partial charge on any atom is -0.358 e. The molecule has 0 aromatic carbocycles. The van der Waals surface area contributed by atoms with Crippen LogP contribution in [0.5, 0.6) is 0 Å². The van der Waals surface area contributed by atoms with E-state index in [1.165, 1.54) is 12.6 Å². The molecule has 19 heavy (non-hydrogen) atoms. The van der Waals surface area contributed by atoms with Crippen LogP contribution in [0.15, 0.2) is 6.20 Å². The highest BCUT2D eigenvalue weighted by molar-refractivity contribution is 5.18.